The first-order chi connectivity index (χ1) is 17.7. The first-order valence-electron chi connectivity index (χ1n) is 12.8. The number of aryl methyl sites for hydroxylation is 2. The minimum absolute atomic E-state index is 0.0000605. The van der Waals surface area contributed by atoms with Gasteiger partial charge in [0.1, 0.15) is 11.9 Å². The van der Waals surface area contributed by atoms with Crippen molar-refractivity contribution < 1.29 is 23.5 Å². The molecule has 1 aliphatic carbocycles. The van der Waals surface area contributed by atoms with Gasteiger partial charge in [-0.05, 0) is 86.1 Å². The molecule has 2 aromatic rings. The van der Waals surface area contributed by atoms with Crippen molar-refractivity contribution in [1.29, 1.82) is 0 Å². The summed E-state index contributed by atoms with van der Waals surface area (Å²) in [4.78, 5) is 38.6. The predicted octanol–water partition coefficient (Wildman–Crippen LogP) is 6.36. The van der Waals surface area contributed by atoms with Gasteiger partial charge in [-0.1, -0.05) is 38.3 Å². The zero-order valence-corrected chi connectivity index (χ0v) is 21.9. The number of carbonyl (C=O) groups is 3. The smallest absolute Gasteiger partial charge is 0.328 e. The van der Waals surface area contributed by atoms with Gasteiger partial charge in [-0.2, -0.15) is 0 Å². The van der Waals surface area contributed by atoms with E-state index in [-0.39, 0.29) is 17.2 Å². The molecule has 1 saturated carbocycles. The number of esters is 1. The highest BCUT2D eigenvalue weighted by atomic mass is 19.1. The maximum absolute atomic E-state index is 14.1. The van der Waals surface area contributed by atoms with Gasteiger partial charge in [-0.25, -0.2) is 14.0 Å². The minimum atomic E-state index is -0.810. The van der Waals surface area contributed by atoms with E-state index in [4.69, 9.17) is 4.74 Å². The van der Waals surface area contributed by atoms with E-state index in [1.807, 2.05) is 32.1 Å². The number of methoxy groups -OCH3 is 1. The lowest BCUT2D eigenvalue weighted by Gasteiger charge is -2.29. The number of hydrogen-bond donors (Lipinski definition) is 3. The van der Waals surface area contributed by atoms with Crippen molar-refractivity contribution in [2.45, 2.75) is 65.3 Å². The third-order valence-corrected chi connectivity index (χ3v) is 6.68. The van der Waals surface area contributed by atoms with E-state index in [0.29, 0.717) is 5.69 Å². The molecule has 37 heavy (non-hydrogen) atoms. The molecule has 1 fully saturated rings. The van der Waals surface area contributed by atoms with E-state index >= 15 is 0 Å². The van der Waals surface area contributed by atoms with Crippen LogP contribution in [-0.2, 0) is 9.53 Å². The Morgan fingerprint density at radius 1 is 1.05 bits per heavy atom. The molecule has 198 valence electrons. The number of hydrogen-bond acceptors (Lipinski definition) is 4. The molecule has 0 spiro atoms. The fourth-order valence-electron chi connectivity index (χ4n) is 4.81. The number of ether oxygens (including phenoxy) is 1. The Hall–Kier alpha value is -3.68. The van der Waals surface area contributed by atoms with Crippen LogP contribution in [0.4, 0.5) is 20.6 Å². The highest BCUT2D eigenvalue weighted by molar-refractivity contribution is 6.07. The summed E-state index contributed by atoms with van der Waals surface area (Å²) in [5, 5.41) is 8.18. The zero-order valence-electron chi connectivity index (χ0n) is 21.9. The molecular weight excluding hydrogens is 473 g/mol. The van der Waals surface area contributed by atoms with E-state index < -0.39 is 29.8 Å². The molecule has 1 atom stereocenters. The summed E-state index contributed by atoms with van der Waals surface area (Å²) < 4.78 is 19.1. The molecule has 0 aromatic heterocycles. The largest absolute Gasteiger partial charge is 0.467 e. The number of urea groups is 1. The third kappa shape index (κ3) is 7.41. The van der Waals surface area contributed by atoms with Crippen LogP contribution in [0.3, 0.4) is 0 Å². The maximum Gasteiger partial charge on any atom is 0.328 e. The van der Waals surface area contributed by atoms with E-state index in [9.17, 15) is 18.8 Å². The monoisotopic (exact) mass is 509 g/mol. The second-order valence-electron chi connectivity index (χ2n) is 9.48. The van der Waals surface area contributed by atoms with Crippen LogP contribution >= 0.6 is 0 Å². The fourth-order valence-corrected chi connectivity index (χ4v) is 4.81. The number of allylic oxidation sites excluding steroid dienone is 1. The maximum atomic E-state index is 14.1. The molecule has 1 aliphatic rings. The van der Waals surface area contributed by atoms with Gasteiger partial charge in [0.25, 0.3) is 5.91 Å². The number of anilines is 2. The Labute approximate surface area is 217 Å². The molecule has 7 nitrogen and oxygen atoms in total. The van der Waals surface area contributed by atoms with Crippen molar-refractivity contribution in [3.8, 4) is 0 Å². The summed E-state index contributed by atoms with van der Waals surface area (Å²) in [5.74, 6) is -1.75. The SMILES string of the molecule is CC/C=C/c1cc(C)c(NC(=O)Nc2cc(F)ccc2C(=O)N[C@H](C(=O)OC)C2CCCCC2)c(C)c1. The Kier molecular flexibility index (Phi) is 9.83. The summed E-state index contributed by atoms with van der Waals surface area (Å²) in [7, 11) is 1.29. The van der Waals surface area contributed by atoms with Gasteiger partial charge in [-0.3, -0.25) is 4.79 Å². The molecule has 3 amide bonds. The molecule has 0 saturated heterocycles. The fraction of sp³-hybridized carbons (Fsp3) is 0.414. The average Bonchev–Trinajstić information content (AvgIpc) is 2.88. The van der Waals surface area contributed by atoms with E-state index in [1.54, 1.807) is 0 Å². The Bertz CT molecular complexity index is 1150. The first kappa shape index (κ1) is 27.9. The molecule has 0 heterocycles. The summed E-state index contributed by atoms with van der Waals surface area (Å²) >= 11 is 0. The van der Waals surface area contributed by atoms with Crippen LogP contribution in [0.5, 0.6) is 0 Å². The average molecular weight is 510 g/mol. The van der Waals surface area contributed by atoms with Gasteiger partial charge in [0.15, 0.2) is 0 Å². The van der Waals surface area contributed by atoms with Gasteiger partial charge in [0.2, 0.25) is 0 Å². The highest BCUT2D eigenvalue weighted by Crippen LogP contribution is 2.28. The van der Waals surface area contributed by atoms with Gasteiger partial charge in [-0.15, -0.1) is 0 Å². The van der Waals surface area contributed by atoms with Crippen LogP contribution in [0.25, 0.3) is 6.08 Å². The quantitative estimate of drug-likeness (QED) is 0.361. The van der Waals surface area contributed by atoms with Crippen LogP contribution in [0.1, 0.15) is 72.5 Å². The summed E-state index contributed by atoms with van der Waals surface area (Å²) in [5.41, 5.74) is 3.46. The molecule has 3 rings (SSSR count). The standard InChI is InChI=1S/C29H36FN3O4/c1-5-6-10-20-15-18(2)25(19(3)16-20)33-29(36)31-24-17-22(30)13-14-23(24)27(34)32-26(28(35)37-4)21-11-8-7-9-12-21/h6,10,13-17,21,26H,5,7-9,11-12H2,1-4H3,(H,32,34)(H2,31,33,36)/b10-6+/t26-/m0/s1. The number of nitrogens with one attached hydrogen (secondary N) is 3. The molecule has 2 aromatic carbocycles. The van der Waals surface area contributed by atoms with Crippen molar-refractivity contribution in [1.82, 2.24) is 5.32 Å². The van der Waals surface area contributed by atoms with Crippen LogP contribution in [-0.4, -0.2) is 31.1 Å². The third-order valence-electron chi connectivity index (χ3n) is 6.68. The second kappa shape index (κ2) is 13.0. The molecule has 8 heteroatoms. The number of carbonyl (C=O) groups excluding carboxylic acids is 3. The lowest BCUT2D eigenvalue weighted by atomic mass is 9.83. The van der Waals surface area contributed by atoms with E-state index in [0.717, 1.165) is 67.3 Å². The minimum Gasteiger partial charge on any atom is -0.467 e. The van der Waals surface area contributed by atoms with Crippen LogP contribution in [0, 0.1) is 25.6 Å². The highest BCUT2D eigenvalue weighted by Gasteiger charge is 2.32. The van der Waals surface area contributed by atoms with Gasteiger partial charge in [0.05, 0.1) is 18.4 Å². The van der Waals surface area contributed by atoms with Crippen molar-refractivity contribution in [3.05, 3.63) is 64.5 Å². The number of benzene rings is 2. The lowest BCUT2D eigenvalue weighted by Crippen LogP contribution is -2.47. The Balaban J connectivity index is 1.79. The van der Waals surface area contributed by atoms with Crippen molar-refractivity contribution in [2.24, 2.45) is 5.92 Å². The molecule has 0 aliphatic heterocycles. The van der Waals surface area contributed by atoms with Crippen LogP contribution < -0.4 is 16.0 Å². The Morgan fingerprint density at radius 3 is 2.35 bits per heavy atom. The number of amides is 3. The molecular formula is C29H36FN3O4. The van der Waals surface area contributed by atoms with Gasteiger partial charge < -0.3 is 20.7 Å². The van der Waals surface area contributed by atoms with E-state index in [2.05, 4.69) is 29.0 Å². The number of rotatable bonds is 8. The first-order valence-corrected chi connectivity index (χ1v) is 12.8. The van der Waals surface area contributed by atoms with Gasteiger partial charge >= 0.3 is 12.0 Å². The number of halogens is 1. The van der Waals surface area contributed by atoms with E-state index in [1.165, 1.54) is 13.2 Å². The topological polar surface area (TPSA) is 96.5 Å². The normalized spacial score (nSPS) is 14.7. The second-order valence-corrected chi connectivity index (χ2v) is 9.48. The van der Waals surface area contributed by atoms with Crippen molar-refractivity contribution in [3.63, 3.8) is 0 Å². The van der Waals surface area contributed by atoms with Crippen LogP contribution in [0.15, 0.2) is 36.4 Å². The summed E-state index contributed by atoms with van der Waals surface area (Å²) in [6.45, 7) is 5.85. The molecule has 3 N–H and O–H groups in total. The molecule has 0 bridgehead atoms. The predicted molar refractivity (Wildman–Crippen MR) is 144 cm³/mol. The van der Waals surface area contributed by atoms with Crippen LogP contribution in [0.2, 0.25) is 0 Å². The zero-order chi connectivity index (χ0) is 26.9. The lowest BCUT2D eigenvalue weighted by molar-refractivity contribution is -0.144. The van der Waals surface area contributed by atoms with Crippen molar-refractivity contribution >= 4 is 35.4 Å². The molecule has 0 unspecified atom stereocenters. The summed E-state index contributed by atoms with van der Waals surface area (Å²) in [6, 6.07) is 6.03. The summed E-state index contributed by atoms with van der Waals surface area (Å²) in [6.07, 6.45) is 9.67. The molecule has 0 radical (unpaired) electrons. The van der Waals surface area contributed by atoms with Gasteiger partial charge in [0, 0.05) is 5.69 Å². The Morgan fingerprint density at radius 2 is 1.73 bits per heavy atom. The van der Waals surface area contributed by atoms with Crippen molar-refractivity contribution in [2.75, 3.05) is 17.7 Å².